The zero-order chi connectivity index (χ0) is 9.68. The predicted molar refractivity (Wildman–Crippen MR) is 52.9 cm³/mol. The lowest BCUT2D eigenvalue weighted by Gasteiger charge is -2.08. The molecule has 72 valence electrons. The minimum atomic E-state index is 0.127. The monoisotopic (exact) mass is 198 g/mol. The van der Waals surface area contributed by atoms with Gasteiger partial charge in [-0.05, 0) is 17.5 Å². The van der Waals surface area contributed by atoms with Gasteiger partial charge in [-0.1, -0.05) is 31.2 Å². The first kappa shape index (κ1) is 10.3. The van der Waals surface area contributed by atoms with Crippen molar-refractivity contribution >= 4 is 17.3 Å². The maximum Gasteiger partial charge on any atom is 0.184 e. The second-order valence-electron chi connectivity index (χ2n) is 3.10. The Morgan fingerprint density at radius 1 is 1.54 bits per heavy atom. The molecular formula is C9H14N2OS. The van der Waals surface area contributed by atoms with Crippen LogP contribution in [0.3, 0.4) is 0 Å². The molecule has 0 saturated carbocycles. The molecule has 0 amide bonds. The quantitative estimate of drug-likeness (QED) is 0.683. The molecule has 0 unspecified atom stereocenters. The van der Waals surface area contributed by atoms with E-state index in [0.29, 0.717) is 18.0 Å². The summed E-state index contributed by atoms with van der Waals surface area (Å²) in [5, 5.41) is 5.47. The van der Waals surface area contributed by atoms with E-state index in [1.165, 1.54) is 11.5 Å². The third kappa shape index (κ3) is 2.88. The molecule has 0 aliphatic carbocycles. The highest BCUT2D eigenvalue weighted by molar-refractivity contribution is 7.03. The third-order valence-electron chi connectivity index (χ3n) is 2.27. The van der Waals surface area contributed by atoms with Crippen molar-refractivity contribution in [2.45, 2.75) is 33.1 Å². The molecule has 3 nitrogen and oxygen atoms in total. The summed E-state index contributed by atoms with van der Waals surface area (Å²) in [7, 11) is 0. The normalized spacial score (nSPS) is 10.7. The van der Waals surface area contributed by atoms with Crippen molar-refractivity contribution < 1.29 is 4.79 Å². The van der Waals surface area contributed by atoms with Crippen LogP contribution in [0.1, 0.15) is 43.6 Å². The molecule has 1 aromatic rings. The van der Waals surface area contributed by atoms with Crippen molar-refractivity contribution in [1.82, 2.24) is 9.59 Å². The number of hydrogen-bond acceptors (Lipinski definition) is 4. The number of rotatable bonds is 5. The van der Waals surface area contributed by atoms with Gasteiger partial charge in [0.05, 0.1) is 0 Å². The van der Waals surface area contributed by atoms with Crippen molar-refractivity contribution in [3.63, 3.8) is 0 Å². The lowest BCUT2D eigenvalue weighted by atomic mass is 9.96. The van der Waals surface area contributed by atoms with E-state index in [0.717, 1.165) is 12.8 Å². The van der Waals surface area contributed by atoms with Crippen LogP contribution in [-0.2, 0) is 0 Å². The van der Waals surface area contributed by atoms with E-state index in [9.17, 15) is 4.79 Å². The maximum absolute atomic E-state index is 11.5. The number of nitrogens with zero attached hydrogens (tertiary/aromatic N) is 2. The van der Waals surface area contributed by atoms with Crippen molar-refractivity contribution in [2.24, 2.45) is 5.92 Å². The Balaban J connectivity index is 2.50. The van der Waals surface area contributed by atoms with Crippen LogP contribution in [0, 0.1) is 5.92 Å². The first-order valence-corrected chi connectivity index (χ1v) is 5.41. The molecule has 0 aliphatic heterocycles. The number of hydrogen-bond donors (Lipinski definition) is 0. The molecule has 0 aromatic carbocycles. The predicted octanol–water partition coefficient (Wildman–Crippen LogP) is 2.55. The van der Waals surface area contributed by atoms with Gasteiger partial charge in [0.2, 0.25) is 0 Å². The molecule has 1 aromatic heterocycles. The Hall–Kier alpha value is -0.770. The van der Waals surface area contributed by atoms with E-state index in [2.05, 4.69) is 23.4 Å². The Morgan fingerprint density at radius 2 is 2.23 bits per heavy atom. The van der Waals surface area contributed by atoms with Crippen LogP contribution < -0.4 is 0 Å². The van der Waals surface area contributed by atoms with Crippen LogP contribution in [0.2, 0.25) is 0 Å². The van der Waals surface area contributed by atoms with Crippen LogP contribution in [0.15, 0.2) is 5.38 Å². The zero-order valence-corrected chi connectivity index (χ0v) is 8.80. The van der Waals surface area contributed by atoms with E-state index in [4.69, 9.17) is 0 Å². The molecule has 0 radical (unpaired) electrons. The molecule has 1 heterocycles. The summed E-state index contributed by atoms with van der Waals surface area (Å²) in [6, 6.07) is 0. The average Bonchev–Trinajstić information content (AvgIpc) is 2.66. The van der Waals surface area contributed by atoms with E-state index < -0.39 is 0 Å². The molecule has 13 heavy (non-hydrogen) atoms. The highest BCUT2D eigenvalue weighted by Gasteiger charge is 2.13. The molecule has 0 spiro atoms. The fraction of sp³-hybridized carbons (Fsp3) is 0.667. The van der Waals surface area contributed by atoms with Gasteiger partial charge in [-0.3, -0.25) is 4.79 Å². The third-order valence-corrected chi connectivity index (χ3v) is 2.78. The topological polar surface area (TPSA) is 42.9 Å². The van der Waals surface area contributed by atoms with Crippen LogP contribution >= 0.6 is 11.5 Å². The summed E-state index contributed by atoms with van der Waals surface area (Å²) in [5.41, 5.74) is 0.525. The second kappa shape index (κ2) is 5.07. The zero-order valence-electron chi connectivity index (χ0n) is 7.99. The summed E-state index contributed by atoms with van der Waals surface area (Å²) in [5.74, 6) is 0.622. The van der Waals surface area contributed by atoms with Crippen molar-refractivity contribution in [2.75, 3.05) is 0 Å². The minimum Gasteiger partial charge on any atom is -0.292 e. The molecule has 4 heteroatoms. The fourth-order valence-corrected chi connectivity index (χ4v) is 1.69. The highest BCUT2D eigenvalue weighted by atomic mass is 32.1. The first-order chi connectivity index (χ1) is 6.27. The number of ketones is 1. The number of Topliss-reactive ketones (excluding diaryl/α,β-unsaturated/α-hetero) is 1. The SMILES string of the molecule is CCC(CC)CC(=O)c1csnn1. The number of aromatic nitrogens is 2. The van der Waals surface area contributed by atoms with Crippen molar-refractivity contribution in [3.05, 3.63) is 11.1 Å². The van der Waals surface area contributed by atoms with E-state index in [1.807, 2.05) is 0 Å². The van der Waals surface area contributed by atoms with Gasteiger partial charge in [0.15, 0.2) is 5.78 Å². The lowest BCUT2D eigenvalue weighted by Crippen LogP contribution is -2.07. The molecule has 0 bridgehead atoms. The smallest absolute Gasteiger partial charge is 0.184 e. The van der Waals surface area contributed by atoms with Gasteiger partial charge in [0.1, 0.15) is 5.69 Å². The van der Waals surface area contributed by atoms with Gasteiger partial charge in [-0.15, -0.1) is 5.10 Å². The maximum atomic E-state index is 11.5. The highest BCUT2D eigenvalue weighted by Crippen LogP contribution is 2.15. The molecule has 0 atom stereocenters. The number of carbonyl (C=O) groups is 1. The van der Waals surface area contributed by atoms with Crippen molar-refractivity contribution in [1.29, 1.82) is 0 Å². The average molecular weight is 198 g/mol. The van der Waals surface area contributed by atoms with Gasteiger partial charge in [0, 0.05) is 11.8 Å². The molecule has 0 saturated heterocycles. The summed E-state index contributed by atoms with van der Waals surface area (Å²) in [4.78, 5) is 11.5. The fourth-order valence-electron chi connectivity index (χ4n) is 1.23. The van der Waals surface area contributed by atoms with Gasteiger partial charge in [-0.2, -0.15) is 0 Å². The summed E-state index contributed by atoms with van der Waals surface area (Å²) < 4.78 is 3.67. The van der Waals surface area contributed by atoms with Crippen LogP contribution in [0.5, 0.6) is 0 Å². The molecule has 0 N–H and O–H groups in total. The van der Waals surface area contributed by atoms with Crippen molar-refractivity contribution in [3.8, 4) is 0 Å². The molecular weight excluding hydrogens is 184 g/mol. The summed E-state index contributed by atoms with van der Waals surface area (Å²) in [6.07, 6.45) is 2.72. The van der Waals surface area contributed by atoms with Crippen LogP contribution in [0.25, 0.3) is 0 Å². The van der Waals surface area contributed by atoms with Crippen LogP contribution in [-0.4, -0.2) is 15.4 Å². The van der Waals surface area contributed by atoms with E-state index in [1.54, 1.807) is 5.38 Å². The van der Waals surface area contributed by atoms with Gasteiger partial charge >= 0.3 is 0 Å². The van der Waals surface area contributed by atoms with Crippen LogP contribution in [0.4, 0.5) is 0 Å². The molecule has 0 aliphatic rings. The van der Waals surface area contributed by atoms with Gasteiger partial charge in [-0.25, -0.2) is 0 Å². The summed E-state index contributed by atoms with van der Waals surface area (Å²) >= 11 is 1.23. The standard InChI is InChI=1S/C9H14N2OS/c1-3-7(4-2)5-9(12)8-6-13-11-10-8/h6-7H,3-5H2,1-2H3. The first-order valence-electron chi connectivity index (χ1n) is 4.58. The van der Waals surface area contributed by atoms with E-state index in [-0.39, 0.29) is 5.78 Å². The van der Waals surface area contributed by atoms with Gasteiger partial charge in [0.25, 0.3) is 0 Å². The lowest BCUT2D eigenvalue weighted by molar-refractivity contribution is 0.0954. The van der Waals surface area contributed by atoms with E-state index >= 15 is 0 Å². The van der Waals surface area contributed by atoms with Gasteiger partial charge < -0.3 is 0 Å². The Bertz CT molecular complexity index is 255. The summed E-state index contributed by atoms with van der Waals surface area (Å²) in [6.45, 7) is 4.22. The Kier molecular flexibility index (Phi) is 4.02. The Labute approximate surface area is 82.3 Å². The second-order valence-corrected chi connectivity index (χ2v) is 3.71. The largest absolute Gasteiger partial charge is 0.292 e. The minimum absolute atomic E-state index is 0.127. The molecule has 0 fully saturated rings. The molecule has 1 rings (SSSR count). The Morgan fingerprint density at radius 3 is 2.69 bits per heavy atom. The number of carbonyl (C=O) groups excluding carboxylic acids is 1.